The fraction of sp³-hybridized carbons (Fsp3) is 0.250. The van der Waals surface area contributed by atoms with Crippen molar-refractivity contribution in [2.24, 2.45) is 0 Å². The van der Waals surface area contributed by atoms with Crippen LogP contribution in [0.3, 0.4) is 0 Å². The number of aromatic nitrogens is 3. The second-order valence-electron chi connectivity index (χ2n) is 5.16. The van der Waals surface area contributed by atoms with Gasteiger partial charge in [0.1, 0.15) is 5.82 Å². The van der Waals surface area contributed by atoms with E-state index in [-0.39, 0.29) is 11.9 Å². The molecule has 0 saturated carbocycles. The fourth-order valence-corrected chi connectivity index (χ4v) is 2.94. The molecular weight excluding hydrogens is 299 g/mol. The molecule has 0 spiro atoms. The summed E-state index contributed by atoms with van der Waals surface area (Å²) in [4.78, 5) is 4.27. The van der Waals surface area contributed by atoms with E-state index in [0.29, 0.717) is 0 Å². The maximum Gasteiger partial charge on any atom is 0.123 e. The van der Waals surface area contributed by atoms with Crippen LogP contribution in [-0.2, 0) is 6.54 Å². The number of nitrogens with zero attached hydrogens (tertiary/aromatic N) is 3. The summed E-state index contributed by atoms with van der Waals surface area (Å²) in [5.41, 5.74) is 5.90. The molecule has 0 radical (unpaired) electrons. The Kier molecular flexibility index (Phi) is 4.31. The molecule has 0 saturated heterocycles. The molecule has 0 aliphatic heterocycles. The van der Waals surface area contributed by atoms with Crippen molar-refractivity contribution in [1.29, 1.82) is 0 Å². The third-order valence-corrected chi connectivity index (χ3v) is 4.29. The van der Waals surface area contributed by atoms with Crippen molar-refractivity contribution in [2.75, 3.05) is 0 Å². The Hall–Kier alpha value is -2.05. The van der Waals surface area contributed by atoms with Gasteiger partial charge in [0.25, 0.3) is 0 Å². The maximum atomic E-state index is 13.0. The van der Waals surface area contributed by atoms with Crippen molar-refractivity contribution >= 4 is 11.3 Å². The maximum absolute atomic E-state index is 13.0. The molecule has 1 aromatic carbocycles. The van der Waals surface area contributed by atoms with E-state index in [1.165, 1.54) is 12.1 Å². The summed E-state index contributed by atoms with van der Waals surface area (Å²) < 4.78 is 14.9. The number of benzene rings is 1. The van der Waals surface area contributed by atoms with E-state index < -0.39 is 0 Å². The third-order valence-electron chi connectivity index (χ3n) is 3.66. The minimum Gasteiger partial charge on any atom is -0.304 e. The molecule has 6 heteroatoms. The van der Waals surface area contributed by atoms with Crippen LogP contribution in [0, 0.1) is 12.7 Å². The number of hydrogen-bond donors (Lipinski definition) is 1. The zero-order valence-corrected chi connectivity index (χ0v) is 13.3. The van der Waals surface area contributed by atoms with E-state index in [2.05, 4.69) is 22.3 Å². The van der Waals surface area contributed by atoms with Gasteiger partial charge in [-0.1, -0.05) is 0 Å². The predicted molar refractivity (Wildman–Crippen MR) is 85.6 cm³/mol. The second kappa shape index (κ2) is 6.37. The van der Waals surface area contributed by atoms with E-state index in [1.54, 1.807) is 23.5 Å². The molecule has 2 heterocycles. The van der Waals surface area contributed by atoms with E-state index in [1.807, 2.05) is 28.7 Å². The van der Waals surface area contributed by atoms with Gasteiger partial charge in [-0.05, 0) is 38.1 Å². The monoisotopic (exact) mass is 316 g/mol. The lowest BCUT2D eigenvalue weighted by atomic mass is 10.1. The smallest absolute Gasteiger partial charge is 0.123 e. The Morgan fingerprint density at radius 2 is 2.09 bits per heavy atom. The lowest BCUT2D eigenvalue weighted by molar-refractivity contribution is 0.566. The molecule has 3 aromatic rings. The number of halogens is 1. The first-order chi connectivity index (χ1) is 10.6. The van der Waals surface area contributed by atoms with Crippen LogP contribution in [0.1, 0.15) is 29.9 Å². The molecule has 0 amide bonds. The first-order valence-corrected chi connectivity index (χ1v) is 8.00. The van der Waals surface area contributed by atoms with Crippen LogP contribution < -0.4 is 5.32 Å². The van der Waals surface area contributed by atoms with Crippen molar-refractivity contribution in [3.8, 4) is 5.69 Å². The molecule has 1 N–H and O–H groups in total. The van der Waals surface area contributed by atoms with E-state index in [4.69, 9.17) is 0 Å². The van der Waals surface area contributed by atoms with Crippen LogP contribution in [0.15, 0.2) is 41.4 Å². The Morgan fingerprint density at radius 3 is 2.77 bits per heavy atom. The average Bonchev–Trinajstić information content (AvgIpc) is 3.15. The molecule has 0 unspecified atom stereocenters. The topological polar surface area (TPSA) is 42.7 Å². The predicted octanol–water partition coefficient (Wildman–Crippen LogP) is 3.63. The molecule has 0 aliphatic rings. The summed E-state index contributed by atoms with van der Waals surface area (Å²) in [6.45, 7) is 4.85. The highest BCUT2D eigenvalue weighted by Crippen LogP contribution is 2.20. The first-order valence-electron chi connectivity index (χ1n) is 7.06. The molecule has 22 heavy (non-hydrogen) atoms. The average molecular weight is 316 g/mol. The lowest BCUT2D eigenvalue weighted by Gasteiger charge is -2.13. The van der Waals surface area contributed by atoms with E-state index >= 15 is 0 Å². The Bertz CT molecular complexity index is 734. The van der Waals surface area contributed by atoms with Gasteiger partial charge in [0.05, 0.1) is 23.1 Å². The zero-order valence-electron chi connectivity index (χ0n) is 12.5. The number of hydrogen-bond acceptors (Lipinski definition) is 4. The van der Waals surface area contributed by atoms with Gasteiger partial charge in [0.15, 0.2) is 0 Å². The molecule has 2 aromatic heterocycles. The molecule has 1 atom stereocenters. The highest BCUT2D eigenvalue weighted by atomic mass is 32.1. The van der Waals surface area contributed by atoms with Crippen molar-refractivity contribution in [3.63, 3.8) is 0 Å². The van der Waals surface area contributed by atoms with Crippen molar-refractivity contribution in [2.45, 2.75) is 26.4 Å². The Labute approximate surface area is 132 Å². The van der Waals surface area contributed by atoms with Crippen LogP contribution >= 0.6 is 11.3 Å². The molecular formula is C16H17FN4S. The van der Waals surface area contributed by atoms with Crippen molar-refractivity contribution < 1.29 is 4.39 Å². The quantitative estimate of drug-likeness (QED) is 0.781. The number of rotatable bonds is 5. The Morgan fingerprint density at radius 1 is 1.32 bits per heavy atom. The van der Waals surface area contributed by atoms with Crippen LogP contribution in [0.25, 0.3) is 5.69 Å². The minimum absolute atomic E-state index is 0.163. The van der Waals surface area contributed by atoms with E-state index in [9.17, 15) is 4.39 Å². The third kappa shape index (κ3) is 3.08. The summed E-state index contributed by atoms with van der Waals surface area (Å²) in [7, 11) is 0. The number of thiazole rings is 1. The normalized spacial score (nSPS) is 12.5. The van der Waals surface area contributed by atoms with Crippen molar-refractivity contribution in [1.82, 2.24) is 20.1 Å². The largest absolute Gasteiger partial charge is 0.304 e. The summed E-state index contributed by atoms with van der Waals surface area (Å²) >= 11 is 1.59. The highest BCUT2D eigenvalue weighted by molar-refractivity contribution is 7.07. The molecule has 0 bridgehead atoms. The van der Waals surface area contributed by atoms with Crippen LogP contribution in [0.2, 0.25) is 0 Å². The number of nitrogens with one attached hydrogen (secondary N) is 1. The molecule has 0 aliphatic carbocycles. The molecule has 4 nitrogen and oxygen atoms in total. The van der Waals surface area contributed by atoms with Gasteiger partial charge in [-0.2, -0.15) is 5.10 Å². The summed E-state index contributed by atoms with van der Waals surface area (Å²) in [5, 5.41) is 9.91. The summed E-state index contributed by atoms with van der Waals surface area (Å²) in [5.74, 6) is -0.243. The van der Waals surface area contributed by atoms with E-state index in [0.717, 1.165) is 29.2 Å². The fourth-order valence-electron chi connectivity index (χ4n) is 2.38. The van der Waals surface area contributed by atoms with Gasteiger partial charge in [-0.25, -0.2) is 14.1 Å². The van der Waals surface area contributed by atoms with Gasteiger partial charge in [-0.15, -0.1) is 11.3 Å². The summed E-state index contributed by atoms with van der Waals surface area (Å²) in [6.07, 6.45) is 1.86. The van der Waals surface area contributed by atoms with Gasteiger partial charge in [0, 0.05) is 29.2 Å². The first kappa shape index (κ1) is 14.9. The minimum atomic E-state index is -0.243. The second-order valence-corrected chi connectivity index (χ2v) is 5.87. The SMILES string of the molecule is Cc1c([C@@H](C)NCc2cscn2)cnn1-c1ccc(F)cc1. The van der Waals surface area contributed by atoms with Gasteiger partial charge in [-0.3, -0.25) is 0 Å². The van der Waals surface area contributed by atoms with Crippen molar-refractivity contribution in [3.05, 3.63) is 64.1 Å². The highest BCUT2D eigenvalue weighted by Gasteiger charge is 2.14. The van der Waals surface area contributed by atoms with Crippen LogP contribution in [-0.4, -0.2) is 14.8 Å². The van der Waals surface area contributed by atoms with Gasteiger partial charge in [0.2, 0.25) is 0 Å². The Balaban J connectivity index is 1.76. The lowest BCUT2D eigenvalue weighted by Crippen LogP contribution is -2.18. The standard InChI is InChI=1S/C16H17FN4S/c1-11(18-7-14-9-22-10-19-14)16-8-20-21(12(16)2)15-5-3-13(17)4-6-15/h3-6,8-11,18H,7H2,1-2H3/t11-/m1/s1. The molecule has 114 valence electrons. The van der Waals surface area contributed by atoms with Crippen LogP contribution in [0.5, 0.6) is 0 Å². The summed E-state index contributed by atoms with van der Waals surface area (Å²) in [6, 6.07) is 6.51. The van der Waals surface area contributed by atoms with Gasteiger partial charge < -0.3 is 5.32 Å². The zero-order chi connectivity index (χ0) is 15.5. The van der Waals surface area contributed by atoms with Crippen LogP contribution in [0.4, 0.5) is 4.39 Å². The molecule has 3 rings (SSSR count). The molecule has 0 fully saturated rings. The van der Waals surface area contributed by atoms with Gasteiger partial charge >= 0.3 is 0 Å².